The number of sulfonamides is 1. The smallest absolute Gasteiger partial charge is 0.264 e. The first kappa shape index (κ1) is 35.3. The molecule has 0 aliphatic rings. The topological polar surface area (TPSA) is 86.8 Å². The number of nitrogens with zero attached hydrogens (tertiary/aromatic N) is 2. The lowest BCUT2D eigenvalue weighted by molar-refractivity contribution is -0.140. The van der Waals surface area contributed by atoms with E-state index in [0.29, 0.717) is 17.1 Å². The molecule has 0 bridgehead atoms. The first-order chi connectivity index (χ1) is 21.8. The molecule has 1 N–H and O–H groups in total. The van der Waals surface area contributed by atoms with Gasteiger partial charge in [0, 0.05) is 34.6 Å². The molecule has 0 aliphatic heterocycles. The van der Waals surface area contributed by atoms with Gasteiger partial charge in [0.2, 0.25) is 11.8 Å². The van der Waals surface area contributed by atoms with Gasteiger partial charge in [-0.05, 0) is 66.4 Å². The van der Waals surface area contributed by atoms with E-state index in [4.69, 9.17) is 34.8 Å². The third-order valence-electron chi connectivity index (χ3n) is 7.22. The number of carbonyl (C=O) groups is 2. The predicted molar refractivity (Wildman–Crippen MR) is 186 cm³/mol. The highest BCUT2D eigenvalue weighted by molar-refractivity contribution is 7.92. The van der Waals surface area contributed by atoms with Gasteiger partial charge in [0.25, 0.3) is 10.0 Å². The summed E-state index contributed by atoms with van der Waals surface area (Å²) in [6.45, 7) is 5.57. The van der Waals surface area contributed by atoms with E-state index >= 15 is 0 Å². The number of carbonyl (C=O) groups excluding carboxylic acids is 2. The van der Waals surface area contributed by atoms with Crippen LogP contribution < -0.4 is 9.62 Å². The molecule has 0 fully saturated rings. The van der Waals surface area contributed by atoms with E-state index in [9.17, 15) is 18.0 Å². The lowest BCUT2D eigenvalue weighted by atomic mass is 10.0. The van der Waals surface area contributed by atoms with Gasteiger partial charge in [0.1, 0.15) is 12.6 Å². The van der Waals surface area contributed by atoms with Crippen molar-refractivity contribution in [3.8, 4) is 0 Å². The lowest BCUT2D eigenvalue weighted by Gasteiger charge is -2.34. The Kier molecular flexibility index (Phi) is 12.1. The molecule has 0 unspecified atom stereocenters. The Hall–Kier alpha value is -3.56. The monoisotopic (exact) mass is 699 g/mol. The molecule has 242 valence electrons. The summed E-state index contributed by atoms with van der Waals surface area (Å²) in [4.78, 5) is 29.8. The second-order valence-electron chi connectivity index (χ2n) is 11.4. The number of anilines is 1. The van der Waals surface area contributed by atoms with Crippen LogP contribution in [0.4, 0.5) is 5.69 Å². The third kappa shape index (κ3) is 9.48. The average Bonchev–Trinajstić information content (AvgIpc) is 3.00. The number of halogens is 3. The highest BCUT2D eigenvalue weighted by Crippen LogP contribution is 2.30. The summed E-state index contributed by atoms with van der Waals surface area (Å²) in [5.74, 6) is -0.791. The van der Waals surface area contributed by atoms with Crippen LogP contribution >= 0.6 is 34.8 Å². The van der Waals surface area contributed by atoms with Gasteiger partial charge < -0.3 is 10.2 Å². The van der Waals surface area contributed by atoms with Crippen LogP contribution in [0.1, 0.15) is 30.5 Å². The molecule has 4 aromatic rings. The van der Waals surface area contributed by atoms with Crippen molar-refractivity contribution in [2.24, 2.45) is 5.92 Å². The van der Waals surface area contributed by atoms with E-state index in [1.54, 1.807) is 36.4 Å². The SMILES string of the molecule is Cc1ccc(S(=O)(=O)N(CC(=O)N(Cc2cccc(Cl)c2)[C@H](Cc2ccccc2)C(=O)NCC(C)C)c2cc(Cl)cc(Cl)c2)cc1. The second kappa shape index (κ2) is 15.8. The molecule has 0 saturated heterocycles. The van der Waals surface area contributed by atoms with Crippen molar-refractivity contribution in [1.29, 1.82) is 0 Å². The normalized spacial score (nSPS) is 12.1. The van der Waals surface area contributed by atoms with Crippen molar-refractivity contribution in [3.63, 3.8) is 0 Å². The van der Waals surface area contributed by atoms with Gasteiger partial charge in [-0.25, -0.2) is 8.42 Å². The summed E-state index contributed by atoms with van der Waals surface area (Å²) >= 11 is 18.9. The number of rotatable bonds is 13. The van der Waals surface area contributed by atoms with Crippen molar-refractivity contribution in [2.45, 2.75) is 44.7 Å². The molecule has 0 aromatic heterocycles. The Balaban J connectivity index is 1.82. The van der Waals surface area contributed by atoms with Crippen LogP contribution in [0.15, 0.2) is 102 Å². The Morgan fingerprint density at radius 2 is 1.41 bits per heavy atom. The van der Waals surface area contributed by atoms with Crippen molar-refractivity contribution < 1.29 is 18.0 Å². The largest absolute Gasteiger partial charge is 0.354 e. The van der Waals surface area contributed by atoms with Gasteiger partial charge >= 0.3 is 0 Å². The summed E-state index contributed by atoms with van der Waals surface area (Å²) in [5.41, 5.74) is 2.49. The quantitative estimate of drug-likeness (QED) is 0.156. The van der Waals surface area contributed by atoms with Crippen LogP contribution in [0.3, 0.4) is 0 Å². The van der Waals surface area contributed by atoms with Crippen molar-refractivity contribution in [3.05, 3.63) is 129 Å². The van der Waals surface area contributed by atoms with Crippen LogP contribution in [0.25, 0.3) is 0 Å². The minimum absolute atomic E-state index is 0.000708. The third-order valence-corrected chi connectivity index (χ3v) is 9.68. The van der Waals surface area contributed by atoms with E-state index in [1.807, 2.05) is 51.1 Å². The van der Waals surface area contributed by atoms with Crippen molar-refractivity contribution in [1.82, 2.24) is 10.2 Å². The van der Waals surface area contributed by atoms with Gasteiger partial charge in [-0.2, -0.15) is 0 Å². The minimum Gasteiger partial charge on any atom is -0.354 e. The van der Waals surface area contributed by atoms with E-state index < -0.39 is 28.5 Å². The predicted octanol–water partition coefficient (Wildman–Crippen LogP) is 7.56. The number of nitrogens with one attached hydrogen (secondary N) is 1. The molecule has 4 rings (SSSR count). The van der Waals surface area contributed by atoms with Gasteiger partial charge in [-0.1, -0.05) is 109 Å². The van der Waals surface area contributed by atoms with Gasteiger partial charge in [-0.3, -0.25) is 13.9 Å². The molecule has 0 heterocycles. The number of hydrogen-bond acceptors (Lipinski definition) is 4. The average molecular weight is 701 g/mol. The fourth-order valence-corrected chi connectivity index (χ4v) is 6.98. The maximum atomic E-state index is 14.5. The first-order valence-electron chi connectivity index (χ1n) is 14.7. The molecule has 0 aliphatic carbocycles. The molecule has 46 heavy (non-hydrogen) atoms. The summed E-state index contributed by atoms with van der Waals surface area (Å²) in [7, 11) is -4.29. The Labute approximate surface area is 286 Å². The molecular formula is C35H36Cl3N3O4S. The van der Waals surface area contributed by atoms with Gasteiger partial charge in [0.15, 0.2) is 0 Å². The van der Waals surface area contributed by atoms with Crippen LogP contribution in [0.2, 0.25) is 15.1 Å². The molecule has 7 nitrogen and oxygen atoms in total. The van der Waals surface area contributed by atoms with E-state index in [-0.39, 0.29) is 45.4 Å². The zero-order valence-corrected chi connectivity index (χ0v) is 28.9. The molecule has 0 saturated carbocycles. The summed E-state index contributed by atoms with van der Waals surface area (Å²) in [6, 6.07) is 26.0. The van der Waals surface area contributed by atoms with E-state index in [2.05, 4.69) is 5.32 Å². The Bertz CT molecular complexity index is 1750. The molecule has 0 radical (unpaired) electrons. The number of benzene rings is 4. The van der Waals surface area contributed by atoms with Gasteiger partial charge in [-0.15, -0.1) is 0 Å². The Morgan fingerprint density at radius 1 is 0.783 bits per heavy atom. The van der Waals surface area contributed by atoms with Crippen LogP contribution in [-0.4, -0.2) is 44.3 Å². The van der Waals surface area contributed by atoms with E-state index in [1.165, 1.54) is 35.2 Å². The summed E-state index contributed by atoms with van der Waals surface area (Å²) in [5, 5.41) is 3.83. The molecule has 11 heteroatoms. The van der Waals surface area contributed by atoms with Crippen LogP contribution in [-0.2, 0) is 32.6 Å². The van der Waals surface area contributed by atoms with Crippen molar-refractivity contribution >= 4 is 62.3 Å². The number of amides is 2. The zero-order chi connectivity index (χ0) is 33.4. The van der Waals surface area contributed by atoms with Gasteiger partial charge in [0.05, 0.1) is 10.6 Å². The zero-order valence-electron chi connectivity index (χ0n) is 25.8. The summed E-state index contributed by atoms with van der Waals surface area (Å²) < 4.78 is 29.3. The van der Waals surface area contributed by atoms with Crippen LogP contribution in [0.5, 0.6) is 0 Å². The fourth-order valence-electron chi connectivity index (χ4n) is 4.86. The highest BCUT2D eigenvalue weighted by Gasteiger charge is 2.35. The highest BCUT2D eigenvalue weighted by atomic mass is 35.5. The molecule has 1 atom stereocenters. The summed E-state index contributed by atoms with van der Waals surface area (Å²) in [6.07, 6.45) is 0.199. The maximum absolute atomic E-state index is 14.5. The standard InChI is InChI=1S/C35H36Cl3N3O4S/c1-24(2)21-39-35(43)33(17-26-8-5-4-6-9-26)40(22-27-10-7-11-28(36)16-27)34(42)23-41(31-19-29(37)18-30(38)20-31)46(44,45)32-14-12-25(3)13-15-32/h4-16,18-20,24,33H,17,21-23H2,1-3H3,(H,39,43)/t33-/m1/s1. The van der Waals surface area contributed by atoms with Crippen LogP contribution in [0, 0.1) is 12.8 Å². The molecule has 2 amide bonds. The maximum Gasteiger partial charge on any atom is 0.264 e. The Morgan fingerprint density at radius 3 is 2.02 bits per heavy atom. The molecule has 4 aromatic carbocycles. The molecule has 0 spiro atoms. The van der Waals surface area contributed by atoms with E-state index in [0.717, 1.165) is 15.4 Å². The second-order valence-corrected chi connectivity index (χ2v) is 14.6. The number of hydrogen-bond donors (Lipinski definition) is 1. The molecular weight excluding hydrogens is 665 g/mol. The first-order valence-corrected chi connectivity index (χ1v) is 17.3. The number of aryl methyl sites for hydroxylation is 1. The minimum atomic E-state index is -4.29. The van der Waals surface area contributed by atoms with Crippen molar-refractivity contribution in [2.75, 3.05) is 17.4 Å². The fraction of sp³-hybridized carbons (Fsp3) is 0.257. The lowest BCUT2D eigenvalue weighted by Crippen LogP contribution is -2.53.